The molecule has 0 heterocycles. The van der Waals surface area contributed by atoms with Gasteiger partial charge in [-0.05, 0) is 17.7 Å². The molecule has 14 heavy (non-hydrogen) atoms. The van der Waals surface area contributed by atoms with Crippen molar-refractivity contribution in [3.63, 3.8) is 0 Å². The van der Waals surface area contributed by atoms with Gasteiger partial charge in [0.15, 0.2) is 0 Å². The van der Waals surface area contributed by atoms with Crippen LogP contribution in [-0.4, -0.2) is 13.1 Å². The molecule has 4 heteroatoms. The van der Waals surface area contributed by atoms with Gasteiger partial charge in [0.25, 0.3) is 0 Å². The topological polar surface area (TPSA) is 76.1 Å². The Balaban J connectivity index is 2.88. The number of nitriles is 1. The van der Waals surface area contributed by atoms with Gasteiger partial charge in [-0.1, -0.05) is 12.1 Å². The lowest BCUT2D eigenvalue weighted by Crippen LogP contribution is -2.22. The average Bonchev–Trinajstić information content (AvgIpc) is 2.27. The summed E-state index contributed by atoms with van der Waals surface area (Å²) in [6.45, 7) is 0. The molecule has 0 amide bonds. The normalized spacial score (nSPS) is 11.5. The molecule has 0 bridgehead atoms. The first-order valence-corrected chi connectivity index (χ1v) is 4.02. The third-order valence-corrected chi connectivity index (χ3v) is 1.85. The van der Waals surface area contributed by atoms with Crippen LogP contribution in [0.1, 0.15) is 17.2 Å². The summed E-state index contributed by atoms with van der Waals surface area (Å²) in [5.74, 6) is -0.491. The summed E-state index contributed by atoms with van der Waals surface area (Å²) in [4.78, 5) is 11.1. The molecule has 1 aromatic carbocycles. The number of hydrogen-bond acceptors (Lipinski definition) is 4. The number of nitrogens with zero attached hydrogens (tertiary/aromatic N) is 1. The van der Waals surface area contributed by atoms with Crippen LogP contribution in [-0.2, 0) is 9.53 Å². The number of benzene rings is 1. The Labute approximate surface area is 81.9 Å². The SMILES string of the molecule is COC(=O)[C@H](N)c1ccc(C#N)cc1. The molecule has 4 nitrogen and oxygen atoms in total. The van der Waals surface area contributed by atoms with Crippen molar-refractivity contribution >= 4 is 5.97 Å². The largest absolute Gasteiger partial charge is 0.468 e. The fraction of sp³-hybridized carbons (Fsp3) is 0.200. The second-order valence-corrected chi connectivity index (χ2v) is 2.73. The molecule has 0 unspecified atom stereocenters. The van der Waals surface area contributed by atoms with Crippen LogP contribution in [0.25, 0.3) is 0 Å². The van der Waals surface area contributed by atoms with Crippen LogP contribution in [0.5, 0.6) is 0 Å². The van der Waals surface area contributed by atoms with E-state index in [0.717, 1.165) is 0 Å². The van der Waals surface area contributed by atoms with Gasteiger partial charge in [-0.2, -0.15) is 5.26 Å². The standard InChI is InChI=1S/C10H10N2O2/c1-14-10(13)9(12)8-4-2-7(6-11)3-5-8/h2-5,9H,12H2,1H3/t9-/m1/s1. The lowest BCUT2D eigenvalue weighted by atomic mass is 10.1. The van der Waals surface area contributed by atoms with Crippen molar-refractivity contribution in [1.29, 1.82) is 5.26 Å². The van der Waals surface area contributed by atoms with E-state index in [2.05, 4.69) is 4.74 Å². The van der Waals surface area contributed by atoms with Gasteiger partial charge in [0.05, 0.1) is 18.7 Å². The molecule has 0 radical (unpaired) electrons. The Hall–Kier alpha value is -1.86. The lowest BCUT2D eigenvalue weighted by Gasteiger charge is -2.08. The average molecular weight is 190 g/mol. The Morgan fingerprint density at radius 2 is 2.07 bits per heavy atom. The minimum Gasteiger partial charge on any atom is -0.468 e. The maximum absolute atomic E-state index is 11.1. The summed E-state index contributed by atoms with van der Waals surface area (Å²) in [7, 11) is 1.28. The first-order valence-electron chi connectivity index (χ1n) is 4.02. The predicted octanol–water partition coefficient (Wildman–Crippen LogP) is 0.731. The molecule has 0 aromatic heterocycles. The van der Waals surface area contributed by atoms with E-state index in [1.807, 2.05) is 6.07 Å². The van der Waals surface area contributed by atoms with Gasteiger partial charge in [-0.3, -0.25) is 4.79 Å². The van der Waals surface area contributed by atoms with E-state index in [-0.39, 0.29) is 0 Å². The number of nitrogens with two attached hydrogens (primary N) is 1. The summed E-state index contributed by atoms with van der Waals surface area (Å²) < 4.78 is 4.49. The van der Waals surface area contributed by atoms with Crippen LogP contribution in [0.3, 0.4) is 0 Å². The summed E-state index contributed by atoms with van der Waals surface area (Å²) in [6.07, 6.45) is 0. The second-order valence-electron chi connectivity index (χ2n) is 2.73. The van der Waals surface area contributed by atoms with Crippen molar-refractivity contribution in [2.45, 2.75) is 6.04 Å². The zero-order chi connectivity index (χ0) is 10.6. The molecule has 0 saturated heterocycles. The molecule has 0 aliphatic heterocycles. The number of rotatable bonds is 2. The van der Waals surface area contributed by atoms with Crippen molar-refractivity contribution in [1.82, 2.24) is 0 Å². The highest BCUT2D eigenvalue weighted by atomic mass is 16.5. The molecule has 2 N–H and O–H groups in total. The van der Waals surface area contributed by atoms with Crippen LogP contribution in [0.15, 0.2) is 24.3 Å². The minimum atomic E-state index is -0.784. The van der Waals surface area contributed by atoms with E-state index in [1.54, 1.807) is 24.3 Å². The van der Waals surface area contributed by atoms with E-state index in [4.69, 9.17) is 11.0 Å². The summed E-state index contributed by atoms with van der Waals surface area (Å²) in [5, 5.41) is 8.55. The van der Waals surface area contributed by atoms with E-state index in [9.17, 15) is 4.79 Å². The van der Waals surface area contributed by atoms with Gasteiger partial charge in [0.1, 0.15) is 6.04 Å². The van der Waals surface area contributed by atoms with Crippen molar-refractivity contribution in [2.24, 2.45) is 5.73 Å². The third-order valence-electron chi connectivity index (χ3n) is 1.85. The molecule has 1 aromatic rings. The van der Waals surface area contributed by atoms with E-state index >= 15 is 0 Å². The van der Waals surface area contributed by atoms with Crippen LogP contribution in [0, 0.1) is 11.3 Å². The molecular formula is C10H10N2O2. The maximum Gasteiger partial charge on any atom is 0.327 e. The van der Waals surface area contributed by atoms with Crippen molar-refractivity contribution in [3.05, 3.63) is 35.4 Å². The van der Waals surface area contributed by atoms with Gasteiger partial charge in [0, 0.05) is 0 Å². The third kappa shape index (κ3) is 2.09. The highest BCUT2D eigenvalue weighted by Crippen LogP contribution is 2.12. The first-order chi connectivity index (χ1) is 6.69. The molecule has 0 aliphatic carbocycles. The van der Waals surface area contributed by atoms with Gasteiger partial charge >= 0.3 is 5.97 Å². The quantitative estimate of drug-likeness (QED) is 0.697. The molecule has 72 valence electrons. The second kappa shape index (κ2) is 4.40. The maximum atomic E-state index is 11.1. The molecule has 0 aliphatic rings. The summed E-state index contributed by atoms with van der Waals surface area (Å²) >= 11 is 0. The molecule has 1 rings (SSSR count). The number of hydrogen-bond donors (Lipinski definition) is 1. The molecule has 0 saturated carbocycles. The summed E-state index contributed by atoms with van der Waals surface area (Å²) in [5.41, 5.74) is 6.75. The van der Waals surface area contributed by atoms with Crippen molar-refractivity contribution in [2.75, 3.05) is 7.11 Å². The Morgan fingerprint density at radius 3 is 2.50 bits per heavy atom. The number of methoxy groups -OCH3 is 1. The fourth-order valence-electron chi connectivity index (χ4n) is 1.03. The molecular weight excluding hydrogens is 180 g/mol. The summed E-state index contributed by atoms with van der Waals surface area (Å²) in [6, 6.07) is 7.69. The monoisotopic (exact) mass is 190 g/mol. The van der Waals surface area contributed by atoms with Gasteiger partial charge < -0.3 is 10.5 Å². The fourth-order valence-corrected chi connectivity index (χ4v) is 1.03. The number of carbonyl (C=O) groups is 1. The highest BCUT2D eigenvalue weighted by molar-refractivity contribution is 5.77. The number of esters is 1. The lowest BCUT2D eigenvalue weighted by molar-refractivity contribution is -0.142. The van der Waals surface area contributed by atoms with E-state index in [1.165, 1.54) is 7.11 Å². The van der Waals surface area contributed by atoms with E-state index < -0.39 is 12.0 Å². The van der Waals surface area contributed by atoms with Crippen molar-refractivity contribution < 1.29 is 9.53 Å². The van der Waals surface area contributed by atoms with Gasteiger partial charge in [0.2, 0.25) is 0 Å². The zero-order valence-corrected chi connectivity index (χ0v) is 7.73. The van der Waals surface area contributed by atoms with Crippen LogP contribution in [0.4, 0.5) is 0 Å². The molecule has 0 fully saturated rings. The Kier molecular flexibility index (Phi) is 3.21. The van der Waals surface area contributed by atoms with Crippen LogP contribution >= 0.6 is 0 Å². The first kappa shape index (κ1) is 10.2. The smallest absolute Gasteiger partial charge is 0.327 e. The van der Waals surface area contributed by atoms with Crippen LogP contribution in [0.2, 0.25) is 0 Å². The molecule has 0 spiro atoms. The van der Waals surface area contributed by atoms with Gasteiger partial charge in [-0.15, -0.1) is 0 Å². The van der Waals surface area contributed by atoms with Gasteiger partial charge in [-0.25, -0.2) is 0 Å². The highest BCUT2D eigenvalue weighted by Gasteiger charge is 2.15. The predicted molar refractivity (Wildman–Crippen MR) is 50.1 cm³/mol. The minimum absolute atomic E-state index is 0.491. The van der Waals surface area contributed by atoms with Crippen LogP contribution < -0.4 is 5.73 Å². The Bertz CT molecular complexity index is 365. The zero-order valence-electron chi connectivity index (χ0n) is 7.73. The number of carbonyl (C=O) groups excluding carboxylic acids is 1. The van der Waals surface area contributed by atoms with Crippen molar-refractivity contribution in [3.8, 4) is 6.07 Å². The Morgan fingerprint density at radius 1 is 1.50 bits per heavy atom. The molecule has 1 atom stereocenters. The van der Waals surface area contributed by atoms with E-state index in [0.29, 0.717) is 11.1 Å². The number of ether oxygens (including phenoxy) is 1.